The number of nitrogens with zero attached hydrogens (tertiary/aromatic N) is 1. The van der Waals surface area contributed by atoms with Gasteiger partial charge in [-0.3, -0.25) is 4.79 Å². The Hall–Kier alpha value is -1.55. The van der Waals surface area contributed by atoms with E-state index < -0.39 is 6.10 Å². The van der Waals surface area contributed by atoms with Gasteiger partial charge in [0.15, 0.2) is 6.10 Å². The zero-order chi connectivity index (χ0) is 19.8. The van der Waals surface area contributed by atoms with E-state index in [2.05, 4.69) is 43.1 Å². The highest BCUT2D eigenvalue weighted by Crippen LogP contribution is 2.28. The molecule has 2 atom stereocenters. The first-order valence-corrected chi connectivity index (χ1v) is 10.7. The van der Waals surface area contributed by atoms with Crippen molar-refractivity contribution in [2.24, 2.45) is 0 Å². The highest BCUT2D eigenvalue weighted by atomic mass is 16.5. The molecule has 0 aromatic heterocycles. The summed E-state index contributed by atoms with van der Waals surface area (Å²) in [5.41, 5.74) is 2.30. The number of aryl methyl sites for hydroxylation is 1. The maximum absolute atomic E-state index is 12.4. The van der Waals surface area contributed by atoms with E-state index >= 15 is 0 Å². The van der Waals surface area contributed by atoms with Gasteiger partial charge in [-0.05, 0) is 69.2 Å². The third-order valence-corrected chi connectivity index (χ3v) is 5.61. The Morgan fingerprint density at radius 3 is 2.78 bits per heavy atom. The Bertz CT molecular complexity index is 600. The minimum absolute atomic E-state index is 0.0307. The summed E-state index contributed by atoms with van der Waals surface area (Å²) in [7, 11) is 0. The van der Waals surface area contributed by atoms with E-state index in [1.54, 1.807) is 0 Å². The summed E-state index contributed by atoms with van der Waals surface area (Å²) in [6.45, 7) is 13.4. The molecule has 1 N–H and O–H groups in total. The van der Waals surface area contributed by atoms with E-state index in [1.807, 2.05) is 19.9 Å². The van der Waals surface area contributed by atoms with E-state index in [1.165, 1.54) is 32.2 Å². The number of rotatable bonds is 9. The molecule has 0 aliphatic carbocycles. The Morgan fingerprint density at radius 2 is 2.07 bits per heavy atom. The minimum Gasteiger partial charge on any atom is -0.481 e. The fourth-order valence-corrected chi connectivity index (χ4v) is 3.92. The van der Waals surface area contributed by atoms with E-state index in [0.29, 0.717) is 12.5 Å². The van der Waals surface area contributed by atoms with Gasteiger partial charge in [0.05, 0.1) is 0 Å². The number of ether oxygens (including phenoxy) is 1. The largest absolute Gasteiger partial charge is 0.481 e. The maximum atomic E-state index is 12.4. The molecule has 27 heavy (non-hydrogen) atoms. The first-order chi connectivity index (χ1) is 12.9. The van der Waals surface area contributed by atoms with E-state index in [4.69, 9.17) is 4.74 Å². The number of piperidine rings is 1. The fraction of sp³-hybridized carbons (Fsp3) is 0.696. The van der Waals surface area contributed by atoms with E-state index in [9.17, 15) is 4.79 Å². The van der Waals surface area contributed by atoms with Crippen molar-refractivity contribution >= 4 is 5.91 Å². The topological polar surface area (TPSA) is 41.6 Å². The number of likely N-dealkylation sites (tertiary alicyclic amines) is 1. The van der Waals surface area contributed by atoms with Crippen molar-refractivity contribution in [1.82, 2.24) is 10.2 Å². The number of carbonyl (C=O) groups is 1. The molecule has 4 nitrogen and oxygen atoms in total. The van der Waals surface area contributed by atoms with Gasteiger partial charge in [0.25, 0.3) is 5.91 Å². The minimum atomic E-state index is -0.484. The molecule has 4 heteroatoms. The summed E-state index contributed by atoms with van der Waals surface area (Å²) < 4.78 is 6.01. The number of amides is 1. The number of carbonyl (C=O) groups excluding carboxylic acids is 1. The first kappa shape index (κ1) is 21.7. The van der Waals surface area contributed by atoms with Crippen LogP contribution in [0.2, 0.25) is 0 Å². The number of hydrogen-bond acceptors (Lipinski definition) is 3. The number of benzene rings is 1. The van der Waals surface area contributed by atoms with Crippen molar-refractivity contribution in [2.45, 2.75) is 84.8 Å². The molecule has 2 unspecified atom stereocenters. The van der Waals surface area contributed by atoms with Gasteiger partial charge in [0.1, 0.15) is 5.75 Å². The molecular weight excluding hydrogens is 336 g/mol. The van der Waals surface area contributed by atoms with E-state index in [0.717, 1.165) is 35.9 Å². The molecule has 2 rings (SSSR count). The van der Waals surface area contributed by atoms with Crippen molar-refractivity contribution < 1.29 is 9.53 Å². The van der Waals surface area contributed by atoms with Gasteiger partial charge in [-0.15, -0.1) is 0 Å². The molecular formula is C23H38N2O2. The van der Waals surface area contributed by atoms with Crippen LogP contribution >= 0.6 is 0 Å². The summed E-state index contributed by atoms with van der Waals surface area (Å²) in [6, 6.07) is 6.95. The van der Waals surface area contributed by atoms with Crippen LogP contribution in [0.1, 0.15) is 76.8 Å². The Balaban J connectivity index is 1.78. The summed E-state index contributed by atoms with van der Waals surface area (Å²) in [6.07, 6.45) is 5.73. The molecule has 0 spiro atoms. The highest BCUT2D eigenvalue weighted by molar-refractivity contribution is 5.80. The molecule has 0 radical (unpaired) electrons. The van der Waals surface area contributed by atoms with Gasteiger partial charge < -0.3 is 15.0 Å². The maximum Gasteiger partial charge on any atom is 0.260 e. The van der Waals surface area contributed by atoms with Crippen LogP contribution in [0.4, 0.5) is 0 Å². The smallest absolute Gasteiger partial charge is 0.260 e. The van der Waals surface area contributed by atoms with Crippen LogP contribution in [0.15, 0.2) is 18.2 Å². The lowest BCUT2D eigenvalue weighted by Crippen LogP contribution is -2.41. The SMILES string of the molecule is CCC1CCCCN1CCCNC(=O)C(C)Oc1cc(C)ccc1C(C)C. The molecule has 1 aromatic carbocycles. The van der Waals surface area contributed by atoms with Crippen molar-refractivity contribution in [1.29, 1.82) is 0 Å². The van der Waals surface area contributed by atoms with Gasteiger partial charge >= 0.3 is 0 Å². The van der Waals surface area contributed by atoms with Crippen LogP contribution < -0.4 is 10.1 Å². The molecule has 1 heterocycles. The summed E-state index contributed by atoms with van der Waals surface area (Å²) in [5, 5.41) is 3.05. The second kappa shape index (κ2) is 10.7. The summed E-state index contributed by atoms with van der Waals surface area (Å²) >= 11 is 0. The van der Waals surface area contributed by atoms with Crippen LogP contribution in [0.3, 0.4) is 0 Å². The Morgan fingerprint density at radius 1 is 1.30 bits per heavy atom. The predicted molar refractivity (Wildman–Crippen MR) is 112 cm³/mol. The molecule has 1 aliphatic rings. The summed E-state index contributed by atoms with van der Waals surface area (Å²) in [5.74, 6) is 1.16. The van der Waals surface area contributed by atoms with Crippen LogP contribution in [0.5, 0.6) is 5.75 Å². The zero-order valence-electron chi connectivity index (χ0n) is 17.9. The molecule has 1 saturated heterocycles. The van der Waals surface area contributed by atoms with Gasteiger partial charge in [-0.1, -0.05) is 39.3 Å². The fourth-order valence-electron chi connectivity index (χ4n) is 3.92. The molecule has 1 aromatic rings. The second-order valence-corrected chi connectivity index (χ2v) is 8.19. The van der Waals surface area contributed by atoms with Crippen molar-refractivity contribution in [3.63, 3.8) is 0 Å². The first-order valence-electron chi connectivity index (χ1n) is 10.7. The van der Waals surface area contributed by atoms with Gasteiger partial charge in [-0.25, -0.2) is 0 Å². The highest BCUT2D eigenvalue weighted by Gasteiger charge is 2.21. The molecule has 152 valence electrons. The lowest BCUT2D eigenvalue weighted by molar-refractivity contribution is -0.127. The van der Waals surface area contributed by atoms with Crippen LogP contribution in [0, 0.1) is 6.92 Å². The number of nitrogens with one attached hydrogen (secondary N) is 1. The lowest BCUT2D eigenvalue weighted by Gasteiger charge is -2.35. The Labute approximate surface area is 165 Å². The zero-order valence-corrected chi connectivity index (χ0v) is 17.9. The second-order valence-electron chi connectivity index (χ2n) is 8.19. The molecule has 1 amide bonds. The number of hydrogen-bond donors (Lipinski definition) is 1. The Kier molecular flexibility index (Phi) is 8.62. The third-order valence-electron chi connectivity index (χ3n) is 5.61. The van der Waals surface area contributed by atoms with Crippen molar-refractivity contribution in [2.75, 3.05) is 19.6 Å². The molecule has 0 bridgehead atoms. The average molecular weight is 375 g/mol. The van der Waals surface area contributed by atoms with Gasteiger partial charge in [0.2, 0.25) is 0 Å². The van der Waals surface area contributed by atoms with Crippen LogP contribution in [0.25, 0.3) is 0 Å². The van der Waals surface area contributed by atoms with Crippen molar-refractivity contribution in [3.8, 4) is 5.75 Å². The molecule has 0 saturated carbocycles. The normalized spacial score (nSPS) is 19.1. The molecule has 1 aliphatic heterocycles. The van der Waals surface area contributed by atoms with Gasteiger partial charge in [0, 0.05) is 19.1 Å². The molecule has 1 fully saturated rings. The van der Waals surface area contributed by atoms with Crippen molar-refractivity contribution in [3.05, 3.63) is 29.3 Å². The van der Waals surface area contributed by atoms with E-state index in [-0.39, 0.29) is 5.91 Å². The third kappa shape index (κ3) is 6.53. The monoisotopic (exact) mass is 374 g/mol. The standard InChI is InChI=1S/C23H38N2O2/c1-6-20-10-7-8-14-25(20)15-9-13-24-23(26)19(5)27-22-16-18(4)11-12-21(22)17(2)3/h11-12,16-17,19-20H,6-10,13-15H2,1-5H3,(H,24,26). The lowest BCUT2D eigenvalue weighted by atomic mass is 10.00. The summed E-state index contributed by atoms with van der Waals surface area (Å²) in [4.78, 5) is 15.0. The quantitative estimate of drug-likeness (QED) is 0.639. The van der Waals surface area contributed by atoms with Gasteiger partial charge in [-0.2, -0.15) is 0 Å². The van der Waals surface area contributed by atoms with Crippen LogP contribution in [-0.4, -0.2) is 42.6 Å². The predicted octanol–water partition coefficient (Wildman–Crippen LogP) is 4.66. The average Bonchev–Trinajstić information content (AvgIpc) is 2.65. The van der Waals surface area contributed by atoms with Crippen LogP contribution in [-0.2, 0) is 4.79 Å².